The summed E-state index contributed by atoms with van der Waals surface area (Å²) in [7, 11) is 0. The van der Waals surface area contributed by atoms with Crippen molar-refractivity contribution in [2.24, 2.45) is 0 Å². The fraction of sp³-hybridized carbons (Fsp3) is 0.444. The number of hydrogen-bond donors (Lipinski definition) is 3. The smallest absolute Gasteiger partial charge is 0.159 e. The van der Waals surface area contributed by atoms with Crippen LogP contribution in [0.2, 0.25) is 0 Å². The van der Waals surface area contributed by atoms with E-state index in [4.69, 9.17) is 10.8 Å². The number of aromatic nitrogens is 2. The fourth-order valence-electron chi connectivity index (χ4n) is 3.02. The zero-order chi connectivity index (χ0) is 17.6. The summed E-state index contributed by atoms with van der Waals surface area (Å²) in [5.41, 5.74) is 9.15. The van der Waals surface area contributed by atoms with Crippen LogP contribution in [-0.2, 0) is 6.42 Å². The third-order valence-electron chi connectivity index (χ3n) is 4.58. The van der Waals surface area contributed by atoms with Crippen molar-refractivity contribution in [1.82, 2.24) is 14.9 Å². The van der Waals surface area contributed by atoms with Gasteiger partial charge in [0.1, 0.15) is 12.0 Å². The molecule has 0 spiro atoms. The maximum Gasteiger partial charge on any atom is 0.159 e. The van der Waals surface area contributed by atoms with Crippen molar-refractivity contribution in [3.63, 3.8) is 0 Å². The van der Waals surface area contributed by atoms with Crippen molar-refractivity contribution >= 4 is 23.0 Å². The van der Waals surface area contributed by atoms with Crippen LogP contribution in [0.15, 0.2) is 30.6 Å². The summed E-state index contributed by atoms with van der Waals surface area (Å²) in [4.78, 5) is 13.1. The summed E-state index contributed by atoms with van der Waals surface area (Å²) in [6.07, 6.45) is 2.57. The van der Waals surface area contributed by atoms with Crippen molar-refractivity contribution in [2.75, 3.05) is 55.3 Å². The van der Waals surface area contributed by atoms with Crippen LogP contribution in [-0.4, -0.2) is 59.3 Å². The van der Waals surface area contributed by atoms with Crippen LogP contribution < -0.4 is 16.0 Å². The molecule has 1 saturated heterocycles. The van der Waals surface area contributed by atoms with Gasteiger partial charge in [-0.25, -0.2) is 9.97 Å². The number of aliphatic hydroxyl groups excluding tert-OH is 1. The van der Waals surface area contributed by atoms with Gasteiger partial charge in [-0.1, -0.05) is 19.1 Å². The minimum Gasteiger partial charge on any atom is -0.395 e. The molecular weight excluding hydrogens is 316 g/mol. The number of anilines is 4. The molecule has 1 aliphatic heterocycles. The van der Waals surface area contributed by atoms with Gasteiger partial charge in [0.25, 0.3) is 0 Å². The lowest BCUT2D eigenvalue weighted by Gasteiger charge is -2.35. The van der Waals surface area contributed by atoms with Gasteiger partial charge in [0.05, 0.1) is 6.61 Å². The fourth-order valence-corrected chi connectivity index (χ4v) is 3.02. The van der Waals surface area contributed by atoms with Gasteiger partial charge in [0.15, 0.2) is 11.6 Å². The lowest BCUT2D eigenvalue weighted by molar-refractivity contribution is 0.188. The number of piperazine rings is 1. The second kappa shape index (κ2) is 8.13. The molecule has 7 nitrogen and oxygen atoms in total. The molecule has 3 rings (SSSR count). The molecule has 0 atom stereocenters. The Balaban J connectivity index is 1.71. The SMILES string of the molecule is CCc1ccc(Nc2ncnc(N3CCN(CCO)CC3)c2N)cc1. The monoisotopic (exact) mass is 342 g/mol. The second-order valence-corrected chi connectivity index (χ2v) is 6.19. The molecule has 7 heteroatoms. The number of rotatable bonds is 6. The van der Waals surface area contributed by atoms with Crippen molar-refractivity contribution in [3.05, 3.63) is 36.2 Å². The third-order valence-corrected chi connectivity index (χ3v) is 4.58. The first kappa shape index (κ1) is 17.4. The summed E-state index contributed by atoms with van der Waals surface area (Å²) in [6, 6.07) is 8.27. The standard InChI is InChI=1S/C18H26N6O/c1-2-14-3-5-15(6-4-14)22-17-16(19)18(21-13-20-17)24-9-7-23(8-10-24)11-12-25/h3-6,13,25H,2,7-12,19H2,1H3,(H,20,21,22). The Kier molecular flexibility index (Phi) is 5.67. The number of nitrogens with two attached hydrogens (primary N) is 1. The van der Waals surface area contributed by atoms with E-state index in [1.807, 2.05) is 12.1 Å². The first-order valence-corrected chi connectivity index (χ1v) is 8.76. The molecule has 0 saturated carbocycles. The third kappa shape index (κ3) is 4.18. The molecule has 1 aliphatic rings. The Hall–Kier alpha value is -2.38. The van der Waals surface area contributed by atoms with Gasteiger partial charge >= 0.3 is 0 Å². The predicted molar refractivity (Wildman–Crippen MR) is 101 cm³/mol. The minimum atomic E-state index is 0.195. The summed E-state index contributed by atoms with van der Waals surface area (Å²) in [6.45, 7) is 6.51. The van der Waals surface area contributed by atoms with E-state index in [9.17, 15) is 0 Å². The van der Waals surface area contributed by atoms with Crippen LogP contribution in [0, 0.1) is 0 Å². The normalized spacial score (nSPS) is 15.4. The van der Waals surface area contributed by atoms with Gasteiger partial charge in [-0.15, -0.1) is 0 Å². The van der Waals surface area contributed by atoms with E-state index in [2.05, 4.69) is 44.1 Å². The summed E-state index contributed by atoms with van der Waals surface area (Å²) >= 11 is 0. The first-order valence-electron chi connectivity index (χ1n) is 8.76. The molecule has 2 heterocycles. The quantitative estimate of drug-likeness (QED) is 0.732. The number of benzene rings is 1. The van der Waals surface area contributed by atoms with Crippen LogP contribution >= 0.6 is 0 Å². The first-order chi connectivity index (χ1) is 12.2. The second-order valence-electron chi connectivity index (χ2n) is 6.19. The maximum atomic E-state index is 9.05. The Morgan fingerprint density at radius 1 is 1.12 bits per heavy atom. The lowest BCUT2D eigenvalue weighted by atomic mass is 10.1. The molecule has 1 aromatic heterocycles. The average molecular weight is 342 g/mol. The van der Waals surface area contributed by atoms with Crippen LogP contribution in [0.3, 0.4) is 0 Å². The van der Waals surface area contributed by atoms with Crippen LogP contribution in [0.5, 0.6) is 0 Å². The molecule has 0 radical (unpaired) electrons. The van der Waals surface area contributed by atoms with Gasteiger partial charge in [0, 0.05) is 38.4 Å². The molecule has 134 valence electrons. The Labute approximate surface area is 148 Å². The Morgan fingerprint density at radius 3 is 2.48 bits per heavy atom. The van der Waals surface area contributed by atoms with Crippen molar-refractivity contribution < 1.29 is 5.11 Å². The van der Waals surface area contributed by atoms with Crippen molar-refractivity contribution in [3.8, 4) is 0 Å². The molecule has 0 aliphatic carbocycles. The van der Waals surface area contributed by atoms with E-state index in [1.165, 1.54) is 5.56 Å². The predicted octanol–water partition coefficient (Wildman–Crippen LogP) is 1.48. The molecular formula is C18H26N6O. The highest BCUT2D eigenvalue weighted by Gasteiger charge is 2.21. The minimum absolute atomic E-state index is 0.195. The van der Waals surface area contributed by atoms with Crippen LogP contribution in [0.4, 0.5) is 23.0 Å². The number of nitrogens with zero attached hydrogens (tertiary/aromatic N) is 4. The average Bonchev–Trinajstić information content (AvgIpc) is 2.65. The molecule has 0 amide bonds. The number of β-amino-alcohol motifs (C(OH)–C–C–N with tert-alkyl or cyclic N) is 1. The van der Waals surface area contributed by atoms with Crippen molar-refractivity contribution in [2.45, 2.75) is 13.3 Å². The molecule has 1 aromatic carbocycles. The van der Waals surface area contributed by atoms with Gasteiger partial charge in [0.2, 0.25) is 0 Å². The molecule has 0 unspecified atom stereocenters. The number of nitrogens with one attached hydrogen (secondary N) is 1. The summed E-state index contributed by atoms with van der Waals surface area (Å²) < 4.78 is 0. The number of aliphatic hydroxyl groups is 1. The Bertz CT molecular complexity index is 682. The zero-order valence-electron chi connectivity index (χ0n) is 14.6. The van der Waals surface area contributed by atoms with Crippen molar-refractivity contribution in [1.29, 1.82) is 0 Å². The molecule has 0 bridgehead atoms. The highest BCUT2D eigenvalue weighted by atomic mass is 16.3. The molecule has 1 fully saturated rings. The Morgan fingerprint density at radius 2 is 1.84 bits per heavy atom. The van der Waals surface area contributed by atoms with Gasteiger partial charge < -0.3 is 21.1 Å². The number of aryl methyl sites for hydroxylation is 1. The largest absolute Gasteiger partial charge is 0.395 e. The van der Waals surface area contributed by atoms with Gasteiger partial charge in [-0.05, 0) is 24.1 Å². The number of nitrogen functional groups attached to an aromatic ring is 1. The number of hydrogen-bond acceptors (Lipinski definition) is 7. The topological polar surface area (TPSA) is 90.5 Å². The summed E-state index contributed by atoms with van der Waals surface area (Å²) in [5, 5.41) is 12.3. The van der Waals surface area contributed by atoms with E-state index >= 15 is 0 Å². The highest BCUT2D eigenvalue weighted by Crippen LogP contribution is 2.29. The molecule has 4 N–H and O–H groups in total. The van der Waals surface area contributed by atoms with Gasteiger partial charge in [-0.2, -0.15) is 0 Å². The lowest BCUT2D eigenvalue weighted by Crippen LogP contribution is -2.47. The van der Waals surface area contributed by atoms with Gasteiger partial charge in [-0.3, -0.25) is 4.90 Å². The summed E-state index contributed by atoms with van der Waals surface area (Å²) in [5.74, 6) is 1.40. The maximum absolute atomic E-state index is 9.05. The highest BCUT2D eigenvalue weighted by molar-refractivity contribution is 5.78. The van der Waals surface area contributed by atoms with E-state index in [0.29, 0.717) is 18.1 Å². The van der Waals surface area contributed by atoms with E-state index in [1.54, 1.807) is 6.33 Å². The van der Waals surface area contributed by atoms with Crippen LogP contribution in [0.1, 0.15) is 12.5 Å². The van der Waals surface area contributed by atoms with E-state index in [-0.39, 0.29) is 6.61 Å². The molecule has 2 aromatic rings. The van der Waals surface area contributed by atoms with E-state index < -0.39 is 0 Å². The van der Waals surface area contributed by atoms with Crippen LogP contribution in [0.25, 0.3) is 0 Å². The molecule has 25 heavy (non-hydrogen) atoms. The zero-order valence-corrected chi connectivity index (χ0v) is 14.6. The van der Waals surface area contributed by atoms with E-state index in [0.717, 1.165) is 44.1 Å².